The van der Waals surface area contributed by atoms with E-state index in [1.165, 1.54) is 0 Å². The Kier molecular flexibility index (Phi) is 4.40. The van der Waals surface area contributed by atoms with Crippen LogP contribution in [0.2, 0.25) is 5.02 Å². The lowest BCUT2D eigenvalue weighted by atomic mass is 10.1. The Morgan fingerprint density at radius 1 is 1.21 bits per heavy atom. The summed E-state index contributed by atoms with van der Waals surface area (Å²) in [6, 6.07) is 13.3. The van der Waals surface area contributed by atoms with Gasteiger partial charge >= 0.3 is 0 Å². The van der Waals surface area contributed by atoms with E-state index in [-0.39, 0.29) is 0 Å². The van der Waals surface area contributed by atoms with Gasteiger partial charge in [0.25, 0.3) is 0 Å². The molecule has 0 aliphatic rings. The number of hydrogen-bond donors (Lipinski definition) is 1. The zero-order valence-corrected chi connectivity index (χ0v) is 12.1. The SMILES string of the molecule is Cc1cc(OCc2ccc(Cl)cc2)ccc1C(N)=S. The van der Waals surface area contributed by atoms with Gasteiger partial charge in [0.15, 0.2) is 0 Å². The van der Waals surface area contributed by atoms with Gasteiger partial charge < -0.3 is 10.5 Å². The van der Waals surface area contributed by atoms with Crippen LogP contribution in [-0.2, 0) is 6.61 Å². The average Bonchev–Trinajstić information content (AvgIpc) is 2.37. The van der Waals surface area contributed by atoms with Crippen LogP contribution in [0.15, 0.2) is 42.5 Å². The molecule has 0 fully saturated rings. The van der Waals surface area contributed by atoms with Crippen LogP contribution in [0.5, 0.6) is 5.75 Å². The third-order valence-electron chi connectivity index (χ3n) is 2.78. The van der Waals surface area contributed by atoms with Crippen molar-refractivity contribution in [3.05, 3.63) is 64.2 Å². The van der Waals surface area contributed by atoms with Crippen LogP contribution in [-0.4, -0.2) is 4.99 Å². The van der Waals surface area contributed by atoms with E-state index >= 15 is 0 Å². The second-order valence-corrected chi connectivity index (χ2v) is 5.13. The first-order valence-corrected chi connectivity index (χ1v) is 6.62. The van der Waals surface area contributed by atoms with Crippen LogP contribution in [0.3, 0.4) is 0 Å². The van der Waals surface area contributed by atoms with Crippen LogP contribution in [0, 0.1) is 6.92 Å². The standard InChI is InChI=1S/C15H14ClNOS/c1-10-8-13(6-7-14(10)15(17)19)18-9-11-2-4-12(16)5-3-11/h2-8H,9H2,1H3,(H2,17,19). The van der Waals surface area contributed by atoms with Gasteiger partial charge in [-0.3, -0.25) is 0 Å². The summed E-state index contributed by atoms with van der Waals surface area (Å²) in [5.41, 5.74) is 8.59. The molecule has 0 saturated heterocycles. The molecule has 0 unspecified atom stereocenters. The summed E-state index contributed by atoms with van der Waals surface area (Å²) < 4.78 is 5.72. The van der Waals surface area contributed by atoms with Gasteiger partial charge in [-0.15, -0.1) is 0 Å². The van der Waals surface area contributed by atoms with Crippen molar-refractivity contribution in [1.82, 2.24) is 0 Å². The van der Waals surface area contributed by atoms with Crippen molar-refractivity contribution < 1.29 is 4.74 Å². The Balaban J connectivity index is 2.06. The Labute approximate surface area is 123 Å². The quantitative estimate of drug-likeness (QED) is 0.869. The fourth-order valence-corrected chi connectivity index (χ4v) is 2.10. The zero-order chi connectivity index (χ0) is 13.8. The second kappa shape index (κ2) is 6.04. The fraction of sp³-hybridized carbons (Fsp3) is 0.133. The molecule has 2 nitrogen and oxygen atoms in total. The lowest BCUT2D eigenvalue weighted by molar-refractivity contribution is 0.306. The van der Waals surface area contributed by atoms with E-state index in [4.69, 9.17) is 34.3 Å². The molecule has 2 rings (SSSR count). The monoisotopic (exact) mass is 291 g/mol. The molecule has 0 aromatic heterocycles. The summed E-state index contributed by atoms with van der Waals surface area (Å²) in [4.78, 5) is 0.404. The van der Waals surface area contributed by atoms with Crippen molar-refractivity contribution in [2.75, 3.05) is 0 Å². The van der Waals surface area contributed by atoms with Gasteiger partial charge in [0, 0.05) is 10.6 Å². The van der Waals surface area contributed by atoms with Crippen LogP contribution in [0.1, 0.15) is 16.7 Å². The summed E-state index contributed by atoms with van der Waals surface area (Å²) in [5.74, 6) is 0.799. The maximum atomic E-state index is 5.83. The highest BCUT2D eigenvalue weighted by atomic mass is 35.5. The minimum atomic E-state index is 0.404. The third-order valence-corrected chi connectivity index (χ3v) is 3.25. The van der Waals surface area contributed by atoms with Crippen molar-refractivity contribution in [3.63, 3.8) is 0 Å². The molecule has 19 heavy (non-hydrogen) atoms. The maximum Gasteiger partial charge on any atom is 0.120 e. The number of thiocarbonyl (C=S) groups is 1. The van der Waals surface area contributed by atoms with Crippen molar-refractivity contribution >= 4 is 28.8 Å². The molecule has 4 heteroatoms. The molecule has 98 valence electrons. The summed E-state index contributed by atoms with van der Waals surface area (Å²) in [7, 11) is 0. The zero-order valence-electron chi connectivity index (χ0n) is 10.5. The van der Waals surface area contributed by atoms with E-state index in [0.717, 1.165) is 27.5 Å². The lowest BCUT2D eigenvalue weighted by Gasteiger charge is -2.09. The molecular weight excluding hydrogens is 278 g/mol. The van der Waals surface area contributed by atoms with E-state index in [9.17, 15) is 0 Å². The Morgan fingerprint density at radius 3 is 2.47 bits per heavy atom. The number of benzene rings is 2. The summed E-state index contributed by atoms with van der Waals surface area (Å²) in [6.45, 7) is 2.46. The maximum absolute atomic E-state index is 5.83. The Hall–Kier alpha value is -1.58. The molecule has 2 N–H and O–H groups in total. The minimum Gasteiger partial charge on any atom is -0.489 e. The number of hydrogen-bond acceptors (Lipinski definition) is 2. The Morgan fingerprint density at radius 2 is 1.89 bits per heavy atom. The van der Waals surface area contributed by atoms with Crippen molar-refractivity contribution in [3.8, 4) is 5.75 Å². The molecule has 0 radical (unpaired) electrons. The van der Waals surface area contributed by atoms with E-state index < -0.39 is 0 Å². The number of ether oxygens (including phenoxy) is 1. The number of aryl methyl sites for hydroxylation is 1. The first-order chi connectivity index (χ1) is 9.06. The molecule has 0 atom stereocenters. The van der Waals surface area contributed by atoms with Crippen LogP contribution < -0.4 is 10.5 Å². The highest BCUT2D eigenvalue weighted by molar-refractivity contribution is 7.80. The average molecular weight is 292 g/mol. The van der Waals surface area contributed by atoms with Crippen LogP contribution in [0.25, 0.3) is 0 Å². The molecule has 0 saturated carbocycles. The second-order valence-electron chi connectivity index (χ2n) is 4.26. The smallest absolute Gasteiger partial charge is 0.120 e. The van der Waals surface area contributed by atoms with Gasteiger partial charge in [-0.2, -0.15) is 0 Å². The molecular formula is C15H14ClNOS. The highest BCUT2D eigenvalue weighted by Crippen LogP contribution is 2.19. The molecule has 0 amide bonds. The molecule has 2 aromatic rings. The van der Waals surface area contributed by atoms with Crippen molar-refractivity contribution in [1.29, 1.82) is 0 Å². The normalized spacial score (nSPS) is 10.2. The Bertz CT molecular complexity index is 596. The van der Waals surface area contributed by atoms with Gasteiger partial charge in [-0.05, 0) is 48.4 Å². The van der Waals surface area contributed by atoms with Gasteiger partial charge in [-0.25, -0.2) is 0 Å². The molecule has 0 heterocycles. The van der Waals surface area contributed by atoms with E-state index in [1.54, 1.807) is 0 Å². The minimum absolute atomic E-state index is 0.404. The molecule has 0 aliphatic carbocycles. The molecule has 0 bridgehead atoms. The molecule has 0 aliphatic heterocycles. The fourth-order valence-electron chi connectivity index (χ4n) is 1.75. The first-order valence-electron chi connectivity index (χ1n) is 5.84. The first kappa shape index (κ1) is 13.8. The van der Waals surface area contributed by atoms with Gasteiger partial charge in [-0.1, -0.05) is 36.0 Å². The van der Waals surface area contributed by atoms with Crippen LogP contribution >= 0.6 is 23.8 Å². The molecule has 2 aromatic carbocycles. The number of nitrogens with two attached hydrogens (primary N) is 1. The van der Waals surface area contributed by atoms with Crippen molar-refractivity contribution in [2.24, 2.45) is 5.73 Å². The van der Waals surface area contributed by atoms with E-state index in [1.807, 2.05) is 49.4 Å². The molecule has 0 spiro atoms. The number of halogens is 1. The largest absolute Gasteiger partial charge is 0.489 e. The van der Waals surface area contributed by atoms with Crippen molar-refractivity contribution in [2.45, 2.75) is 13.5 Å². The topological polar surface area (TPSA) is 35.2 Å². The third kappa shape index (κ3) is 3.69. The summed E-state index contributed by atoms with van der Waals surface area (Å²) >= 11 is 10.8. The van der Waals surface area contributed by atoms with Gasteiger partial charge in [0.1, 0.15) is 17.3 Å². The predicted octanol–water partition coefficient (Wildman–Crippen LogP) is 3.86. The van der Waals surface area contributed by atoms with E-state index in [0.29, 0.717) is 11.6 Å². The summed E-state index contributed by atoms with van der Waals surface area (Å²) in [6.07, 6.45) is 0. The number of rotatable bonds is 4. The summed E-state index contributed by atoms with van der Waals surface area (Å²) in [5, 5.41) is 0.723. The highest BCUT2D eigenvalue weighted by Gasteiger charge is 2.03. The van der Waals surface area contributed by atoms with Crippen LogP contribution in [0.4, 0.5) is 0 Å². The predicted molar refractivity (Wildman–Crippen MR) is 82.9 cm³/mol. The lowest BCUT2D eigenvalue weighted by Crippen LogP contribution is -2.11. The van der Waals surface area contributed by atoms with Gasteiger partial charge in [0.2, 0.25) is 0 Å². The van der Waals surface area contributed by atoms with E-state index in [2.05, 4.69) is 0 Å². The van der Waals surface area contributed by atoms with Gasteiger partial charge in [0.05, 0.1) is 0 Å².